The molecule has 14 heavy (non-hydrogen) atoms. The number of nitrogens with zero attached hydrogens (tertiary/aromatic N) is 1. The number of nitrogens with one attached hydrogen (secondary N) is 1. The van der Waals surface area contributed by atoms with Gasteiger partial charge in [-0.25, -0.2) is 0 Å². The molecule has 0 bridgehead atoms. The van der Waals surface area contributed by atoms with Crippen LogP contribution in [-0.2, 0) is 4.79 Å². The van der Waals surface area contributed by atoms with Gasteiger partial charge in [-0.15, -0.1) is 0 Å². The maximum absolute atomic E-state index is 11.3. The first kappa shape index (κ1) is 13.4. The Kier molecular flexibility index (Phi) is 7.48. The van der Waals surface area contributed by atoms with Crippen molar-refractivity contribution in [2.24, 2.45) is 0 Å². The molecule has 0 aromatic carbocycles. The molecular weight excluding hydrogens is 176 g/mol. The normalized spacial score (nSPS) is 11.0. The van der Waals surface area contributed by atoms with E-state index in [4.69, 9.17) is 0 Å². The molecule has 0 aromatic heterocycles. The Labute approximate surface area is 87.9 Å². The molecule has 0 aromatic rings. The topological polar surface area (TPSA) is 32.3 Å². The molecule has 84 valence electrons. The van der Waals surface area contributed by atoms with Crippen molar-refractivity contribution in [3.8, 4) is 0 Å². The van der Waals surface area contributed by atoms with Gasteiger partial charge in [0.2, 0.25) is 5.91 Å². The number of rotatable bonds is 7. The van der Waals surface area contributed by atoms with E-state index in [1.807, 2.05) is 20.9 Å². The Morgan fingerprint density at radius 3 is 2.50 bits per heavy atom. The van der Waals surface area contributed by atoms with Crippen LogP contribution in [0.5, 0.6) is 0 Å². The number of hydrogen-bond acceptors (Lipinski definition) is 2. The summed E-state index contributed by atoms with van der Waals surface area (Å²) in [6.07, 6.45) is 3.66. The number of carbonyl (C=O) groups is 1. The minimum atomic E-state index is 0.124. The molecule has 0 unspecified atom stereocenters. The van der Waals surface area contributed by atoms with Gasteiger partial charge in [-0.05, 0) is 33.9 Å². The zero-order valence-electron chi connectivity index (χ0n) is 9.97. The van der Waals surface area contributed by atoms with Gasteiger partial charge in [0.25, 0.3) is 0 Å². The standard InChI is InChI=1S/C11H24N2O/c1-5-6-7-8-13(4)9-11(14)12-10(2)3/h10H,5-9H2,1-4H3,(H,12,14). The van der Waals surface area contributed by atoms with Gasteiger partial charge in [-0.2, -0.15) is 0 Å². The van der Waals surface area contributed by atoms with Crippen molar-refractivity contribution in [1.82, 2.24) is 10.2 Å². The van der Waals surface area contributed by atoms with E-state index >= 15 is 0 Å². The van der Waals surface area contributed by atoms with Gasteiger partial charge in [-0.1, -0.05) is 19.8 Å². The number of amides is 1. The molecule has 0 aliphatic rings. The Balaban J connectivity index is 3.50. The lowest BCUT2D eigenvalue weighted by Gasteiger charge is -2.17. The lowest BCUT2D eigenvalue weighted by Crippen LogP contribution is -2.38. The van der Waals surface area contributed by atoms with Crippen LogP contribution in [0.1, 0.15) is 40.0 Å². The van der Waals surface area contributed by atoms with Gasteiger partial charge in [0.05, 0.1) is 6.54 Å². The molecule has 0 atom stereocenters. The zero-order chi connectivity index (χ0) is 11.0. The molecule has 0 aliphatic heterocycles. The van der Waals surface area contributed by atoms with E-state index < -0.39 is 0 Å². The third kappa shape index (κ3) is 8.05. The van der Waals surface area contributed by atoms with Crippen molar-refractivity contribution in [2.45, 2.75) is 46.1 Å². The highest BCUT2D eigenvalue weighted by atomic mass is 16.2. The van der Waals surface area contributed by atoms with Gasteiger partial charge < -0.3 is 5.32 Å². The molecule has 0 spiro atoms. The summed E-state index contributed by atoms with van der Waals surface area (Å²) in [6.45, 7) is 7.68. The summed E-state index contributed by atoms with van der Waals surface area (Å²) < 4.78 is 0. The predicted octanol–water partition coefficient (Wildman–Crippen LogP) is 1.63. The fraction of sp³-hybridized carbons (Fsp3) is 0.909. The van der Waals surface area contributed by atoms with Crippen molar-refractivity contribution in [1.29, 1.82) is 0 Å². The predicted molar refractivity (Wildman–Crippen MR) is 60.3 cm³/mol. The first-order valence-electron chi connectivity index (χ1n) is 5.54. The highest BCUT2D eigenvalue weighted by molar-refractivity contribution is 5.78. The average Bonchev–Trinajstić information content (AvgIpc) is 2.02. The van der Waals surface area contributed by atoms with Crippen molar-refractivity contribution in [3.63, 3.8) is 0 Å². The molecule has 0 saturated carbocycles. The zero-order valence-corrected chi connectivity index (χ0v) is 9.97. The molecule has 1 amide bonds. The molecule has 3 nitrogen and oxygen atoms in total. The number of likely N-dealkylation sites (N-methyl/N-ethyl adjacent to an activating group) is 1. The maximum atomic E-state index is 11.3. The molecule has 3 heteroatoms. The van der Waals surface area contributed by atoms with Gasteiger partial charge >= 0.3 is 0 Å². The highest BCUT2D eigenvalue weighted by Gasteiger charge is 2.06. The highest BCUT2D eigenvalue weighted by Crippen LogP contribution is 1.95. The number of hydrogen-bond donors (Lipinski definition) is 1. The largest absolute Gasteiger partial charge is 0.353 e. The van der Waals surface area contributed by atoms with Crippen LogP contribution in [0.2, 0.25) is 0 Å². The van der Waals surface area contributed by atoms with Crippen LogP contribution in [0.25, 0.3) is 0 Å². The van der Waals surface area contributed by atoms with E-state index in [0.717, 1.165) is 6.54 Å². The summed E-state index contributed by atoms with van der Waals surface area (Å²) in [5.74, 6) is 0.124. The third-order valence-electron chi connectivity index (χ3n) is 2.01. The van der Waals surface area contributed by atoms with Crippen LogP contribution in [0.3, 0.4) is 0 Å². The summed E-state index contributed by atoms with van der Waals surface area (Å²) in [6, 6.07) is 0.242. The van der Waals surface area contributed by atoms with E-state index in [1.165, 1.54) is 19.3 Å². The maximum Gasteiger partial charge on any atom is 0.234 e. The van der Waals surface area contributed by atoms with Crippen LogP contribution in [0, 0.1) is 0 Å². The van der Waals surface area contributed by atoms with Crippen LogP contribution in [-0.4, -0.2) is 37.0 Å². The van der Waals surface area contributed by atoms with Crippen LogP contribution in [0.4, 0.5) is 0 Å². The summed E-state index contributed by atoms with van der Waals surface area (Å²) in [5, 5.41) is 2.88. The SMILES string of the molecule is CCCCCN(C)CC(=O)NC(C)C. The van der Waals surface area contributed by atoms with Gasteiger partial charge in [0.15, 0.2) is 0 Å². The van der Waals surface area contributed by atoms with Crippen LogP contribution < -0.4 is 5.32 Å². The molecule has 0 heterocycles. The van der Waals surface area contributed by atoms with E-state index in [1.54, 1.807) is 0 Å². The first-order chi connectivity index (χ1) is 6.56. The smallest absolute Gasteiger partial charge is 0.234 e. The summed E-state index contributed by atoms with van der Waals surface area (Å²) in [7, 11) is 2.00. The minimum Gasteiger partial charge on any atom is -0.353 e. The lowest BCUT2D eigenvalue weighted by molar-refractivity contribution is -0.122. The molecular formula is C11H24N2O. The molecule has 0 aliphatic carbocycles. The third-order valence-corrected chi connectivity index (χ3v) is 2.01. The lowest BCUT2D eigenvalue weighted by atomic mass is 10.2. The fourth-order valence-corrected chi connectivity index (χ4v) is 1.32. The molecule has 1 N–H and O–H groups in total. The van der Waals surface area contributed by atoms with Crippen LogP contribution >= 0.6 is 0 Å². The molecule has 0 fully saturated rings. The monoisotopic (exact) mass is 200 g/mol. The summed E-state index contributed by atoms with van der Waals surface area (Å²) in [5.41, 5.74) is 0. The van der Waals surface area contributed by atoms with Crippen LogP contribution in [0.15, 0.2) is 0 Å². The van der Waals surface area contributed by atoms with Crippen molar-refractivity contribution in [2.75, 3.05) is 20.1 Å². The quantitative estimate of drug-likeness (QED) is 0.634. The average molecular weight is 200 g/mol. The number of unbranched alkanes of at least 4 members (excludes halogenated alkanes) is 2. The van der Waals surface area contributed by atoms with Gasteiger partial charge in [0.1, 0.15) is 0 Å². The van der Waals surface area contributed by atoms with Gasteiger partial charge in [0, 0.05) is 6.04 Å². The first-order valence-corrected chi connectivity index (χ1v) is 5.54. The second-order valence-electron chi connectivity index (χ2n) is 4.17. The minimum absolute atomic E-state index is 0.124. The molecule has 0 radical (unpaired) electrons. The number of carbonyl (C=O) groups excluding carboxylic acids is 1. The fourth-order valence-electron chi connectivity index (χ4n) is 1.32. The Hall–Kier alpha value is -0.570. The van der Waals surface area contributed by atoms with Crippen molar-refractivity contribution >= 4 is 5.91 Å². The molecule has 0 saturated heterocycles. The van der Waals surface area contributed by atoms with E-state index in [2.05, 4.69) is 17.1 Å². The second kappa shape index (κ2) is 7.80. The summed E-state index contributed by atoms with van der Waals surface area (Å²) in [4.78, 5) is 13.4. The van der Waals surface area contributed by atoms with E-state index in [0.29, 0.717) is 6.54 Å². The Morgan fingerprint density at radius 1 is 1.36 bits per heavy atom. The van der Waals surface area contributed by atoms with Crippen molar-refractivity contribution < 1.29 is 4.79 Å². The van der Waals surface area contributed by atoms with E-state index in [9.17, 15) is 4.79 Å². The van der Waals surface area contributed by atoms with Gasteiger partial charge in [-0.3, -0.25) is 9.69 Å². The Bertz CT molecular complexity index is 157. The second-order valence-corrected chi connectivity index (χ2v) is 4.17. The van der Waals surface area contributed by atoms with Crippen molar-refractivity contribution in [3.05, 3.63) is 0 Å². The Morgan fingerprint density at radius 2 is 2.00 bits per heavy atom. The summed E-state index contributed by atoms with van der Waals surface area (Å²) >= 11 is 0. The molecule has 0 rings (SSSR count). The van der Waals surface area contributed by atoms with E-state index in [-0.39, 0.29) is 11.9 Å².